The SMILES string of the molecule is Cc1ccc(F)c2cc(C(=O)Nc3cccc(N4CCC(NCc5cnc[nH]5)CC4)c3)[nH]c12. The number of fused-ring (bicyclic) bond motifs is 1. The molecule has 2 aromatic heterocycles. The average Bonchev–Trinajstić information content (AvgIpc) is 3.52. The molecule has 1 saturated heterocycles. The first-order valence-electron chi connectivity index (χ1n) is 11.2. The van der Waals surface area contributed by atoms with Crippen LogP contribution in [0.1, 0.15) is 34.6 Å². The number of aryl methyl sites for hydroxylation is 1. The zero-order valence-corrected chi connectivity index (χ0v) is 18.5. The van der Waals surface area contributed by atoms with Crippen LogP contribution in [0.5, 0.6) is 0 Å². The van der Waals surface area contributed by atoms with Crippen LogP contribution in [0.25, 0.3) is 10.9 Å². The number of halogens is 1. The monoisotopic (exact) mass is 446 g/mol. The highest BCUT2D eigenvalue weighted by molar-refractivity contribution is 6.06. The summed E-state index contributed by atoms with van der Waals surface area (Å²) < 4.78 is 14.1. The molecule has 1 aliphatic heterocycles. The zero-order valence-electron chi connectivity index (χ0n) is 18.5. The van der Waals surface area contributed by atoms with E-state index in [2.05, 4.69) is 36.6 Å². The van der Waals surface area contributed by atoms with Gasteiger partial charge < -0.3 is 25.5 Å². The highest BCUT2D eigenvalue weighted by Crippen LogP contribution is 2.25. The molecule has 3 heterocycles. The van der Waals surface area contributed by atoms with Crippen molar-refractivity contribution in [3.8, 4) is 0 Å². The third-order valence-corrected chi connectivity index (χ3v) is 6.29. The zero-order chi connectivity index (χ0) is 22.8. The lowest BCUT2D eigenvalue weighted by Gasteiger charge is -2.34. The molecule has 0 spiro atoms. The van der Waals surface area contributed by atoms with Gasteiger partial charge >= 0.3 is 0 Å². The number of aromatic amines is 2. The van der Waals surface area contributed by atoms with Crippen LogP contribution >= 0.6 is 0 Å². The predicted molar refractivity (Wildman–Crippen MR) is 128 cm³/mol. The summed E-state index contributed by atoms with van der Waals surface area (Å²) >= 11 is 0. The minimum atomic E-state index is -0.338. The maximum atomic E-state index is 14.1. The Kier molecular flexibility index (Phi) is 5.83. The van der Waals surface area contributed by atoms with E-state index < -0.39 is 0 Å². The van der Waals surface area contributed by atoms with Gasteiger partial charge in [-0.2, -0.15) is 0 Å². The number of benzene rings is 2. The van der Waals surface area contributed by atoms with Crippen molar-refractivity contribution < 1.29 is 9.18 Å². The molecule has 33 heavy (non-hydrogen) atoms. The third-order valence-electron chi connectivity index (χ3n) is 6.29. The molecule has 2 aromatic carbocycles. The van der Waals surface area contributed by atoms with E-state index in [9.17, 15) is 9.18 Å². The highest BCUT2D eigenvalue weighted by atomic mass is 19.1. The number of carbonyl (C=O) groups excluding carboxylic acids is 1. The van der Waals surface area contributed by atoms with Gasteiger partial charge in [-0.25, -0.2) is 9.37 Å². The second-order valence-corrected chi connectivity index (χ2v) is 8.56. The summed E-state index contributed by atoms with van der Waals surface area (Å²) in [5, 5.41) is 6.96. The lowest BCUT2D eigenvalue weighted by Crippen LogP contribution is -2.42. The molecular weight excluding hydrogens is 419 g/mol. The van der Waals surface area contributed by atoms with Crippen molar-refractivity contribution in [1.82, 2.24) is 20.3 Å². The summed E-state index contributed by atoms with van der Waals surface area (Å²) in [5.41, 5.74) is 4.78. The number of rotatable bonds is 6. The smallest absolute Gasteiger partial charge is 0.272 e. The van der Waals surface area contributed by atoms with Gasteiger partial charge in [0.25, 0.3) is 5.91 Å². The van der Waals surface area contributed by atoms with Crippen LogP contribution in [0.4, 0.5) is 15.8 Å². The van der Waals surface area contributed by atoms with Crippen LogP contribution < -0.4 is 15.5 Å². The highest BCUT2D eigenvalue weighted by Gasteiger charge is 2.20. The predicted octanol–water partition coefficient (Wildman–Crippen LogP) is 4.35. The molecule has 0 saturated carbocycles. The number of hydrogen-bond donors (Lipinski definition) is 4. The molecule has 4 aromatic rings. The molecule has 0 aliphatic carbocycles. The summed E-state index contributed by atoms with van der Waals surface area (Å²) in [6.45, 7) is 4.57. The molecule has 0 bridgehead atoms. The molecule has 7 nitrogen and oxygen atoms in total. The Morgan fingerprint density at radius 1 is 1.21 bits per heavy atom. The first kappa shape index (κ1) is 21.2. The van der Waals surface area contributed by atoms with E-state index in [4.69, 9.17) is 0 Å². The quantitative estimate of drug-likeness (QED) is 0.355. The molecule has 1 fully saturated rings. The number of nitrogens with zero attached hydrogens (tertiary/aromatic N) is 2. The van der Waals surface area contributed by atoms with Gasteiger partial charge in [-0.3, -0.25) is 4.79 Å². The molecule has 0 atom stereocenters. The van der Waals surface area contributed by atoms with E-state index in [1.54, 1.807) is 18.5 Å². The summed E-state index contributed by atoms with van der Waals surface area (Å²) in [4.78, 5) is 25.4. The largest absolute Gasteiger partial charge is 0.371 e. The van der Waals surface area contributed by atoms with Crippen LogP contribution in [0, 0.1) is 12.7 Å². The first-order valence-corrected chi connectivity index (χ1v) is 11.2. The van der Waals surface area contributed by atoms with Crippen LogP contribution in [0.15, 0.2) is 55.0 Å². The number of carbonyl (C=O) groups is 1. The molecule has 1 amide bonds. The van der Waals surface area contributed by atoms with E-state index in [-0.39, 0.29) is 11.7 Å². The van der Waals surface area contributed by atoms with E-state index in [1.807, 2.05) is 31.3 Å². The lowest BCUT2D eigenvalue weighted by atomic mass is 10.0. The first-order chi connectivity index (χ1) is 16.1. The van der Waals surface area contributed by atoms with Crippen LogP contribution in [-0.2, 0) is 6.54 Å². The van der Waals surface area contributed by atoms with Crippen LogP contribution in [0.2, 0.25) is 0 Å². The molecule has 0 unspecified atom stereocenters. The Labute approximate surface area is 191 Å². The van der Waals surface area contributed by atoms with E-state index >= 15 is 0 Å². The summed E-state index contributed by atoms with van der Waals surface area (Å²) in [5.74, 6) is -0.626. The number of H-pyrrole nitrogens is 2. The molecular formula is C25H27FN6O. The fourth-order valence-electron chi connectivity index (χ4n) is 4.40. The van der Waals surface area contributed by atoms with Gasteiger partial charge in [0.2, 0.25) is 0 Å². The van der Waals surface area contributed by atoms with Gasteiger partial charge in [0.05, 0.1) is 11.8 Å². The Morgan fingerprint density at radius 2 is 2.06 bits per heavy atom. The Balaban J connectivity index is 1.21. The van der Waals surface area contributed by atoms with Crippen LogP contribution in [0.3, 0.4) is 0 Å². The van der Waals surface area contributed by atoms with Crippen molar-refractivity contribution in [3.63, 3.8) is 0 Å². The molecule has 1 aliphatic rings. The standard InChI is InChI=1S/C25H27FN6O/c1-16-5-6-22(26)21-12-23(31-24(16)21)25(33)30-18-3-2-4-20(11-18)32-9-7-17(8-10-32)28-14-19-13-27-15-29-19/h2-6,11-13,15,17,28,31H,7-10,14H2,1H3,(H,27,29)(H,30,33). The van der Waals surface area contributed by atoms with E-state index in [0.717, 1.165) is 49.4 Å². The Hall–Kier alpha value is -3.65. The van der Waals surface area contributed by atoms with Gasteiger partial charge in [-0.1, -0.05) is 12.1 Å². The van der Waals surface area contributed by atoms with Crippen molar-refractivity contribution in [2.24, 2.45) is 0 Å². The van der Waals surface area contributed by atoms with Gasteiger partial charge in [0.1, 0.15) is 11.5 Å². The number of amides is 1. The van der Waals surface area contributed by atoms with Crippen LogP contribution in [-0.4, -0.2) is 40.0 Å². The van der Waals surface area contributed by atoms with Crippen molar-refractivity contribution in [3.05, 3.63) is 77.8 Å². The summed E-state index contributed by atoms with van der Waals surface area (Å²) in [6.07, 6.45) is 5.63. The van der Waals surface area contributed by atoms with Gasteiger partial charge in [0.15, 0.2) is 0 Å². The van der Waals surface area contributed by atoms with Crippen molar-refractivity contribution >= 4 is 28.2 Å². The summed E-state index contributed by atoms with van der Waals surface area (Å²) in [6, 6.07) is 13.0. The second-order valence-electron chi connectivity index (χ2n) is 8.56. The third kappa shape index (κ3) is 4.61. The normalized spacial score (nSPS) is 14.7. The number of hydrogen-bond acceptors (Lipinski definition) is 4. The Bertz CT molecular complexity index is 1220. The second kappa shape index (κ2) is 9.07. The minimum absolute atomic E-state index is 0.288. The molecule has 4 N–H and O–H groups in total. The van der Waals surface area contributed by atoms with Crippen molar-refractivity contribution in [2.75, 3.05) is 23.3 Å². The van der Waals surface area contributed by atoms with Gasteiger partial charge in [-0.05, 0) is 55.7 Å². The topological polar surface area (TPSA) is 88.8 Å². The molecule has 0 radical (unpaired) electrons. The van der Waals surface area contributed by atoms with E-state index in [0.29, 0.717) is 28.3 Å². The number of nitrogens with one attached hydrogen (secondary N) is 4. The fourth-order valence-corrected chi connectivity index (χ4v) is 4.40. The number of piperidine rings is 1. The van der Waals surface area contributed by atoms with Crippen molar-refractivity contribution in [2.45, 2.75) is 32.4 Å². The van der Waals surface area contributed by atoms with Gasteiger partial charge in [0, 0.05) is 54.3 Å². The average molecular weight is 447 g/mol. The molecule has 170 valence electrons. The molecule has 8 heteroatoms. The van der Waals surface area contributed by atoms with Crippen molar-refractivity contribution in [1.29, 1.82) is 0 Å². The van der Waals surface area contributed by atoms with E-state index in [1.165, 1.54) is 6.07 Å². The number of imidazole rings is 1. The van der Waals surface area contributed by atoms with Gasteiger partial charge in [-0.15, -0.1) is 0 Å². The number of anilines is 2. The maximum Gasteiger partial charge on any atom is 0.272 e. The summed E-state index contributed by atoms with van der Waals surface area (Å²) in [7, 11) is 0. The minimum Gasteiger partial charge on any atom is -0.371 e. The maximum absolute atomic E-state index is 14.1. The lowest BCUT2D eigenvalue weighted by molar-refractivity contribution is 0.102. The number of aromatic nitrogens is 3. The Morgan fingerprint density at radius 3 is 2.82 bits per heavy atom. The fraction of sp³-hybridized carbons (Fsp3) is 0.280. The molecule has 5 rings (SSSR count).